The summed E-state index contributed by atoms with van der Waals surface area (Å²) in [6.07, 6.45) is 5.16. The number of nitrogens with one attached hydrogen (secondary N) is 2. The highest BCUT2D eigenvalue weighted by atomic mass is 32.1. The standard InChI is InChI=1S/C17H18N6OS/c24-16(14-11-25-17(21-14)23-10-7-19-12-23)20-13-3-1-2-4-15(13)22-8-5-18-6-9-22/h1-4,7,10-12,18H,5-6,8-9H2,(H,20,24). The molecular formula is C17H18N6OS. The van der Waals surface area contributed by atoms with Gasteiger partial charge in [-0.3, -0.25) is 9.36 Å². The molecule has 1 saturated heterocycles. The highest BCUT2D eigenvalue weighted by Crippen LogP contribution is 2.26. The summed E-state index contributed by atoms with van der Waals surface area (Å²) in [4.78, 5) is 23.3. The van der Waals surface area contributed by atoms with Crippen molar-refractivity contribution in [1.82, 2.24) is 19.9 Å². The third-order valence-corrected chi connectivity index (χ3v) is 4.91. The lowest BCUT2D eigenvalue weighted by molar-refractivity contribution is 0.102. The Bertz CT molecular complexity index is 854. The Morgan fingerprint density at radius 3 is 2.88 bits per heavy atom. The van der Waals surface area contributed by atoms with Gasteiger partial charge in [-0.25, -0.2) is 9.97 Å². The molecular weight excluding hydrogens is 336 g/mol. The fraction of sp³-hybridized carbons (Fsp3) is 0.235. The first-order chi connectivity index (χ1) is 12.3. The van der Waals surface area contributed by atoms with Crippen molar-refractivity contribution in [1.29, 1.82) is 0 Å². The predicted octanol–water partition coefficient (Wildman–Crippen LogP) is 1.99. The topological polar surface area (TPSA) is 75.1 Å². The fourth-order valence-corrected chi connectivity index (χ4v) is 3.56. The van der Waals surface area contributed by atoms with Crippen molar-refractivity contribution in [2.24, 2.45) is 0 Å². The average molecular weight is 354 g/mol. The van der Waals surface area contributed by atoms with Crippen molar-refractivity contribution in [3.8, 4) is 5.13 Å². The number of para-hydroxylation sites is 2. The molecule has 0 unspecified atom stereocenters. The van der Waals surface area contributed by atoms with Crippen molar-refractivity contribution >= 4 is 28.6 Å². The van der Waals surface area contributed by atoms with Gasteiger partial charge in [-0.2, -0.15) is 0 Å². The molecule has 0 radical (unpaired) electrons. The number of nitrogens with zero attached hydrogens (tertiary/aromatic N) is 4. The number of imidazole rings is 1. The van der Waals surface area contributed by atoms with Crippen LogP contribution in [0.15, 0.2) is 48.4 Å². The van der Waals surface area contributed by atoms with E-state index in [-0.39, 0.29) is 5.91 Å². The van der Waals surface area contributed by atoms with Crippen molar-refractivity contribution < 1.29 is 4.79 Å². The average Bonchev–Trinajstić information content (AvgIpc) is 3.34. The number of anilines is 2. The zero-order valence-corrected chi connectivity index (χ0v) is 14.4. The van der Waals surface area contributed by atoms with Gasteiger partial charge >= 0.3 is 0 Å². The Hall–Kier alpha value is -2.71. The summed E-state index contributed by atoms with van der Waals surface area (Å²) in [6.45, 7) is 3.74. The fourth-order valence-electron chi connectivity index (χ4n) is 2.81. The van der Waals surface area contributed by atoms with Gasteiger partial charge in [0.2, 0.25) is 0 Å². The van der Waals surface area contributed by atoms with Gasteiger partial charge in [0.1, 0.15) is 12.0 Å². The minimum atomic E-state index is -0.204. The van der Waals surface area contributed by atoms with E-state index in [1.165, 1.54) is 11.3 Å². The maximum Gasteiger partial charge on any atom is 0.275 e. The van der Waals surface area contributed by atoms with E-state index in [1.54, 1.807) is 28.7 Å². The number of benzene rings is 1. The first kappa shape index (κ1) is 15.8. The number of rotatable bonds is 4. The van der Waals surface area contributed by atoms with Gasteiger partial charge in [0, 0.05) is 44.0 Å². The predicted molar refractivity (Wildman–Crippen MR) is 98.7 cm³/mol. The number of aromatic nitrogens is 3. The van der Waals surface area contributed by atoms with E-state index >= 15 is 0 Å². The first-order valence-corrected chi connectivity index (χ1v) is 8.99. The molecule has 25 heavy (non-hydrogen) atoms. The molecule has 2 N–H and O–H groups in total. The van der Waals surface area contributed by atoms with E-state index in [0.717, 1.165) is 42.7 Å². The normalized spacial score (nSPS) is 14.5. The molecule has 1 aliphatic heterocycles. The molecule has 2 aromatic heterocycles. The Balaban J connectivity index is 1.53. The lowest BCUT2D eigenvalue weighted by Crippen LogP contribution is -2.43. The van der Waals surface area contributed by atoms with Crippen LogP contribution in [-0.4, -0.2) is 46.6 Å². The Morgan fingerprint density at radius 2 is 2.08 bits per heavy atom. The van der Waals surface area contributed by atoms with Crippen LogP contribution in [0, 0.1) is 0 Å². The summed E-state index contributed by atoms with van der Waals surface area (Å²) in [6, 6.07) is 7.89. The summed E-state index contributed by atoms with van der Waals surface area (Å²) in [5, 5.41) is 8.83. The summed E-state index contributed by atoms with van der Waals surface area (Å²) in [5.74, 6) is -0.204. The summed E-state index contributed by atoms with van der Waals surface area (Å²) in [7, 11) is 0. The van der Waals surface area contributed by atoms with Gasteiger partial charge < -0.3 is 15.5 Å². The Kier molecular flexibility index (Phi) is 4.45. The molecule has 4 rings (SSSR count). The maximum atomic E-state index is 12.6. The number of amides is 1. The molecule has 1 fully saturated rings. The quantitative estimate of drug-likeness (QED) is 0.749. The van der Waals surface area contributed by atoms with Crippen LogP contribution in [0.25, 0.3) is 5.13 Å². The molecule has 0 atom stereocenters. The monoisotopic (exact) mass is 354 g/mol. The summed E-state index contributed by atoms with van der Waals surface area (Å²) < 4.78 is 1.79. The van der Waals surface area contributed by atoms with Crippen LogP contribution in [0.5, 0.6) is 0 Å². The molecule has 0 saturated carbocycles. The molecule has 0 aliphatic carbocycles. The minimum Gasteiger partial charge on any atom is -0.367 e. The van der Waals surface area contributed by atoms with Crippen LogP contribution in [-0.2, 0) is 0 Å². The Morgan fingerprint density at radius 1 is 1.24 bits per heavy atom. The number of carbonyl (C=O) groups excluding carboxylic acids is 1. The van der Waals surface area contributed by atoms with Gasteiger partial charge in [0.25, 0.3) is 5.91 Å². The van der Waals surface area contributed by atoms with Crippen LogP contribution in [0.2, 0.25) is 0 Å². The van der Waals surface area contributed by atoms with E-state index in [9.17, 15) is 4.79 Å². The molecule has 8 heteroatoms. The van der Waals surface area contributed by atoms with E-state index in [4.69, 9.17) is 0 Å². The van der Waals surface area contributed by atoms with Crippen LogP contribution in [0.1, 0.15) is 10.5 Å². The molecule has 3 heterocycles. The number of carbonyl (C=O) groups is 1. The highest BCUT2D eigenvalue weighted by Gasteiger charge is 2.17. The lowest BCUT2D eigenvalue weighted by Gasteiger charge is -2.31. The van der Waals surface area contributed by atoms with Crippen molar-refractivity contribution in [3.05, 3.63) is 54.1 Å². The number of hydrogen-bond donors (Lipinski definition) is 2. The molecule has 0 spiro atoms. The molecule has 1 aliphatic rings. The van der Waals surface area contributed by atoms with Crippen LogP contribution in [0.3, 0.4) is 0 Å². The SMILES string of the molecule is O=C(Nc1ccccc1N1CCNCC1)c1csc(-n2ccnc2)n1. The van der Waals surface area contributed by atoms with E-state index < -0.39 is 0 Å². The highest BCUT2D eigenvalue weighted by molar-refractivity contribution is 7.12. The van der Waals surface area contributed by atoms with E-state index in [2.05, 4.69) is 25.5 Å². The second-order valence-electron chi connectivity index (χ2n) is 5.69. The first-order valence-electron chi connectivity index (χ1n) is 8.11. The van der Waals surface area contributed by atoms with Crippen molar-refractivity contribution in [3.63, 3.8) is 0 Å². The lowest BCUT2D eigenvalue weighted by atomic mass is 10.2. The van der Waals surface area contributed by atoms with Crippen LogP contribution < -0.4 is 15.5 Å². The van der Waals surface area contributed by atoms with Gasteiger partial charge in [-0.15, -0.1) is 11.3 Å². The number of thiazole rings is 1. The zero-order chi connectivity index (χ0) is 17.1. The molecule has 0 bridgehead atoms. The third kappa shape index (κ3) is 3.40. The summed E-state index contributed by atoms with van der Waals surface area (Å²) >= 11 is 1.41. The van der Waals surface area contributed by atoms with E-state index in [1.807, 2.05) is 24.3 Å². The van der Waals surface area contributed by atoms with Crippen LogP contribution >= 0.6 is 11.3 Å². The second-order valence-corrected chi connectivity index (χ2v) is 6.53. The number of hydrogen-bond acceptors (Lipinski definition) is 6. The van der Waals surface area contributed by atoms with Gasteiger partial charge in [0.15, 0.2) is 5.13 Å². The van der Waals surface area contributed by atoms with Crippen molar-refractivity contribution in [2.75, 3.05) is 36.4 Å². The maximum absolute atomic E-state index is 12.6. The molecule has 128 valence electrons. The molecule has 7 nitrogen and oxygen atoms in total. The molecule has 3 aromatic rings. The Labute approximate surface area is 149 Å². The second kappa shape index (κ2) is 7.04. The third-order valence-electron chi connectivity index (χ3n) is 4.06. The largest absolute Gasteiger partial charge is 0.367 e. The van der Waals surface area contributed by atoms with Gasteiger partial charge in [0.05, 0.1) is 11.4 Å². The smallest absolute Gasteiger partial charge is 0.275 e. The molecule has 1 amide bonds. The summed E-state index contributed by atoms with van der Waals surface area (Å²) in [5.41, 5.74) is 2.26. The zero-order valence-electron chi connectivity index (χ0n) is 13.6. The van der Waals surface area contributed by atoms with E-state index in [0.29, 0.717) is 5.69 Å². The van der Waals surface area contributed by atoms with Crippen molar-refractivity contribution in [2.45, 2.75) is 0 Å². The number of piperazine rings is 1. The van der Waals surface area contributed by atoms with Crippen LogP contribution in [0.4, 0.5) is 11.4 Å². The minimum absolute atomic E-state index is 0.204. The van der Waals surface area contributed by atoms with Gasteiger partial charge in [-0.1, -0.05) is 12.1 Å². The van der Waals surface area contributed by atoms with Gasteiger partial charge in [-0.05, 0) is 12.1 Å². The molecule has 1 aromatic carbocycles.